The van der Waals surface area contributed by atoms with Gasteiger partial charge in [0.15, 0.2) is 0 Å². The molecule has 1 N–H and O–H groups in total. The molecule has 1 aliphatic rings. The van der Waals surface area contributed by atoms with Crippen LogP contribution in [0.5, 0.6) is 0 Å². The first kappa shape index (κ1) is 15.3. The van der Waals surface area contributed by atoms with Crippen LogP contribution in [0.15, 0.2) is 23.1 Å². The van der Waals surface area contributed by atoms with Gasteiger partial charge in [-0.2, -0.15) is 0 Å². The van der Waals surface area contributed by atoms with E-state index in [2.05, 4.69) is 5.32 Å². The average Bonchev–Trinajstić information content (AvgIpc) is 2.39. The fourth-order valence-corrected chi connectivity index (χ4v) is 2.88. The average molecular weight is 318 g/mol. The van der Waals surface area contributed by atoms with Crippen molar-refractivity contribution in [2.75, 3.05) is 13.2 Å². The molecule has 7 heteroatoms. The summed E-state index contributed by atoms with van der Waals surface area (Å²) in [5.41, 5.74) is 1.04. The SMILES string of the molecule is Cc1ccc(S(=O)(=O)Cl)cc1C(=O)NC1CCOCC1. The molecule has 1 heterocycles. The smallest absolute Gasteiger partial charge is 0.261 e. The Balaban J connectivity index is 2.20. The van der Waals surface area contributed by atoms with E-state index in [0.717, 1.165) is 12.8 Å². The zero-order valence-electron chi connectivity index (χ0n) is 11.1. The number of hydrogen-bond acceptors (Lipinski definition) is 4. The molecule has 0 saturated carbocycles. The number of halogens is 1. The zero-order valence-corrected chi connectivity index (χ0v) is 12.6. The van der Waals surface area contributed by atoms with Crippen molar-refractivity contribution in [1.82, 2.24) is 5.32 Å². The minimum atomic E-state index is -3.84. The third-order valence-corrected chi connectivity index (χ3v) is 4.64. The fraction of sp³-hybridized carbons (Fsp3) is 0.462. The van der Waals surface area contributed by atoms with Gasteiger partial charge in [-0.25, -0.2) is 8.42 Å². The highest BCUT2D eigenvalue weighted by atomic mass is 35.7. The zero-order chi connectivity index (χ0) is 14.8. The van der Waals surface area contributed by atoms with E-state index in [1.54, 1.807) is 13.0 Å². The second kappa shape index (κ2) is 6.11. The lowest BCUT2D eigenvalue weighted by atomic mass is 10.1. The summed E-state index contributed by atoms with van der Waals surface area (Å²) in [5.74, 6) is -0.281. The van der Waals surface area contributed by atoms with Crippen LogP contribution in [0.4, 0.5) is 0 Å². The Hall–Kier alpha value is -1.11. The highest BCUT2D eigenvalue weighted by Gasteiger charge is 2.20. The summed E-state index contributed by atoms with van der Waals surface area (Å²) in [6.45, 7) is 3.00. The first-order valence-corrected chi connectivity index (χ1v) is 8.63. The molecule has 1 fully saturated rings. The number of amides is 1. The Morgan fingerprint density at radius 3 is 2.60 bits per heavy atom. The molecule has 1 aliphatic heterocycles. The monoisotopic (exact) mass is 317 g/mol. The van der Waals surface area contributed by atoms with Crippen LogP contribution < -0.4 is 5.32 Å². The lowest BCUT2D eigenvalue weighted by molar-refractivity contribution is 0.0696. The molecule has 110 valence electrons. The summed E-state index contributed by atoms with van der Waals surface area (Å²) in [4.78, 5) is 12.2. The van der Waals surface area contributed by atoms with E-state index < -0.39 is 9.05 Å². The van der Waals surface area contributed by atoms with Crippen LogP contribution in [-0.2, 0) is 13.8 Å². The molecule has 0 bridgehead atoms. The van der Waals surface area contributed by atoms with Gasteiger partial charge < -0.3 is 10.1 Å². The Kier molecular flexibility index (Phi) is 4.67. The van der Waals surface area contributed by atoms with Gasteiger partial charge in [0.05, 0.1) is 4.90 Å². The lowest BCUT2D eigenvalue weighted by Gasteiger charge is -2.23. The highest BCUT2D eigenvalue weighted by Crippen LogP contribution is 2.19. The molecule has 0 atom stereocenters. The van der Waals surface area contributed by atoms with Crippen LogP contribution in [0.25, 0.3) is 0 Å². The maximum absolute atomic E-state index is 12.2. The molecule has 0 radical (unpaired) electrons. The van der Waals surface area contributed by atoms with E-state index in [1.165, 1.54) is 12.1 Å². The van der Waals surface area contributed by atoms with E-state index in [0.29, 0.717) is 24.3 Å². The predicted octanol–water partition coefficient (Wildman–Crippen LogP) is 1.83. The molecule has 0 spiro atoms. The number of hydrogen-bond donors (Lipinski definition) is 1. The normalized spacial score (nSPS) is 16.9. The Morgan fingerprint density at radius 1 is 1.35 bits per heavy atom. The Labute approximate surface area is 122 Å². The van der Waals surface area contributed by atoms with Crippen LogP contribution in [0.1, 0.15) is 28.8 Å². The van der Waals surface area contributed by atoms with Crippen molar-refractivity contribution in [2.45, 2.75) is 30.7 Å². The van der Waals surface area contributed by atoms with Crippen LogP contribution in [0.3, 0.4) is 0 Å². The topological polar surface area (TPSA) is 72.5 Å². The number of benzene rings is 1. The number of nitrogens with one attached hydrogen (secondary N) is 1. The number of rotatable bonds is 3. The van der Waals surface area contributed by atoms with Gasteiger partial charge in [0.2, 0.25) is 0 Å². The van der Waals surface area contributed by atoms with Crippen LogP contribution >= 0.6 is 10.7 Å². The number of aryl methyl sites for hydroxylation is 1. The Morgan fingerprint density at radius 2 is 2.00 bits per heavy atom. The summed E-state index contributed by atoms with van der Waals surface area (Å²) >= 11 is 0. The van der Waals surface area contributed by atoms with Crippen molar-refractivity contribution in [3.63, 3.8) is 0 Å². The van der Waals surface area contributed by atoms with E-state index in [1.807, 2.05) is 0 Å². The molecule has 5 nitrogen and oxygen atoms in total. The lowest BCUT2D eigenvalue weighted by Crippen LogP contribution is -2.39. The minimum absolute atomic E-state index is 0.0620. The van der Waals surface area contributed by atoms with Crippen LogP contribution in [0.2, 0.25) is 0 Å². The summed E-state index contributed by atoms with van der Waals surface area (Å²) in [6, 6.07) is 4.34. The van der Waals surface area contributed by atoms with Crippen molar-refractivity contribution in [1.29, 1.82) is 0 Å². The minimum Gasteiger partial charge on any atom is -0.381 e. The molecule has 0 aliphatic carbocycles. The maximum Gasteiger partial charge on any atom is 0.261 e. The summed E-state index contributed by atoms with van der Waals surface area (Å²) in [5, 5.41) is 2.90. The number of carbonyl (C=O) groups is 1. The Bertz CT molecular complexity index is 609. The van der Waals surface area contributed by atoms with Crippen molar-refractivity contribution in [2.24, 2.45) is 0 Å². The standard InChI is InChI=1S/C13H16ClNO4S/c1-9-2-3-11(20(14,17)18)8-12(9)13(16)15-10-4-6-19-7-5-10/h2-3,8,10H,4-7H2,1H3,(H,15,16). The molecular formula is C13H16ClNO4S. The van der Waals surface area contributed by atoms with E-state index in [4.69, 9.17) is 15.4 Å². The third-order valence-electron chi connectivity index (χ3n) is 3.29. The van der Waals surface area contributed by atoms with Gasteiger partial charge >= 0.3 is 0 Å². The maximum atomic E-state index is 12.2. The molecule has 2 rings (SSSR count). The number of ether oxygens (including phenoxy) is 1. The largest absolute Gasteiger partial charge is 0.381 e. The highest BCUT2D eigenvalue weighted by molar-refractivity contribution is 8.13. The van der Waals surface area contributed by atoms with Crippen molar-refractivity contribution < 1.29 is 17.9 Å². The van der Waals surface area contributed by atoms with E-state index in [9.17, 15) is 13.2 Å². The van der Waals surface area contributed by atoms with Crippen molar-refractivity contribution in [3.05, 3.63) is 29.3 Å². The molecular weight excluding hydrogens is 302 g/mol. The molecule has 20 heavy (non-hydrogen) atoms. The first-order chi connectivity index (χ1) is 9.38. The quantitative estimate of drug-likeness (QED) is 0.863. The summed E-state index contributed by atoms with van der Waals surface area (Å²) < 4.78 is 27.9. The van der Waals surface area contributed by atoms with Gasteiger partial charge in [-0.1, -0.05) is 6.07 Å². The second-order valence-corrected chi connectivity index (χ2v) is 7.34. The third kappa shape index (κ3) is 3.71. The molecule has 1 aromatic carbocycles. The summed E-state index contributed by atoms with van der Waals surface area (Å²) in [7, 11) is 1.47. The van der Waals surface area contributed by atoms with Gasteiger partial charge in [-0.05, 0) is 37.5 Å². The second-order valence-electron chi connectivity index (χ2n) is 4.77. The van der Waals surface area contributed by atoms with Gasteiger partial charge in [0.1, 0.15) is 0 Å². The molecule has 1 saturated heterocycles. The van der Waals surface area contributed by atoms with E-state index >= 15 is 0 Å². The van der Waals surface area contributed by atoms with Gasteiger partial charge in [-0.15, -0.1) is 0 Å². The van der Waals surface area contributed by atoms with Crippen molar-refractivity contribution >= 4 is 25.6 Å². The molecule has 0 unspecified atom stereocenters. The van der Waals surface area contributed by atoms with Gasteiger partial charge in [0.25, 0.3) is 15.0 Å². The first-order valence-electron chi connectivity index (χ1n) is 6.32. The summed E-state index contributed by atoms with van der Waals surface area (Å²) in [6.07, 6.45) is 1.52. The number of carbonyl (C=O) groups excluding carboxylic acids is 1. The molecule has 0 aromatic heterocycles. The predicted molar refractivity (Wildman–Crippen MR) is 75.5 cm³/mol. The molecule has 1 aromatic rings. The molecule has 1 amide bonds. The van der Waals surface area contributed by atoms with E-state index in [-0.39, 0.29) is 16.8 Å². The van der Waals surface area contributed by atoms with Crippen molar-refractivity contribution in [3.8, 4) is 0 Å². The van der Waals surface area contributed by atoms with Crippen LogP contribution in [-0.4, -0.2) is 33.6 Å². The van der Waals surface area contributed by atoms with Gasteiger partial charge in [0, 0.05) is 35.5 Å². The fourth-order valence-electron chi connectivity index (χ4n) is 2.10. The van der Waals surface area contributed by atoms with Crippen LogP contribution in [0, 0.1) is 6.92 Å². The van der Waals surface area contributed by atoms with Gasteiger partial charge in [-0.3, -0.25) is 4.79 Å².